The van der Waals surface area contributed by atoms with E-state index < -0.39 is 0 Å². The Morgan fingerprint density at radius 3 is 1.81 bits per heavy atom. The highest BCUT2D eigenvalue weighted by molar-refractivity contribution is 7.25. The van der Waals surface area contributed by atoms with Crippen LogP contribution in [0.5, 0.6) is 0 Å². The van der Waals surface area contributed by atoms with Crippen LogP contribution in [0.25, 0.3) is 80.3 Å². The summed E-state index contributed by atoms with van der Waals surface area (Å²) in [4.78, 5) is 2.32. The third-order valence-electron chi connectivity index (χ3n) is 10.7. The van der Waals surface area contributed by atoms with Gasteiger partial charge < -0.3 is 9.47 Å². The smallest absolute Gasteiger partial charge is 0.0619 e. The van der Waals surface area contributed by atoms with E-state index in [-0.39, 0.29) is 0 Å². The van der Waals surface area contributed by atoms with E-state index in [1.165, 1.54) is 80.3 Å². The molecular weight excluding hydrogens is 661 g/mol. The molecule has 0 aliphatic heterocycles. The molecule has 3 heteroatoms. The molecule has 11 rings (SSSR count). The van der Waals surface area contributed by atoms with E-state index in [1.54, 1.807) is 0 Å². The Balaban J connectivity index is 1.18. The highest BCUT2D eigenvalue weighted by atomic mass is 32.1. The minimum Gasteiger partial charge on any atom is -0.311 e. The highest BCUT2D eigenvalue weighted by Gasteiger charge is 2.21. The fourth-order valence-electron chi connectivity index (χ4n) is 8.40. The summed E-state index contributed by atoms with van der Waals surface area (Å²) in [5, 5.41) is 10.3. The first-order valence-corrected chi connectivity index (χ1v) is 18.9. The molecule has 248 valence electrons. The molecule has 0 saturated carbocycles. The van der Waals surface area contributed by atoms with Crippen LogP contribution in [0.1, 0.15) is 0 Å². The van der Waals surface area contributed by atoms with Gasteiger partial charge >= 0.3 is 0 Å². The standard InChI is InChI=1S/C50H32N2S/c1-3-13-36(14-4-1)51(37-15-5-2-6-16-37)38-27-24-34(25-28-38)41-19-11-20-44-49-45(31-26-35-23-22-33-12-7-8-17-40(33)48(35)49)52(50(41)44)39-29-30-43-42-18-9-10-21-46(42)53-47(43)32-39/h1-32H. The third-order valence-corrected chi connectivity index (χ3v) is 11.9. The Morgan fingerprint density at radius 1 is 0.396 bits per heavy atom. The second kappa shape index (κ2) is 11.9. The van der Waals surface area contributed by atoms with Crippen molar-refractivity contribution in [3.63, 3.8) is 0 Å². The minimum absolute atomic E-state index is 1.12. The molecule has 0 spiro atoms. The number of anilines is 3. The van der Waals surface area contributed by atoms with Crippen LogP contribution in [0.15, 0.2) is 194 Å². The predicted molar refractivity (Wildman–Crippen MR) is 229 cm³/mol. The summed E-state index contributed by atoms with van der Waals surface area (Å²) in [6.07, 6.45) is 0. The molecule has 53 heavy (non-hydrogen) atoms. The number of benzene rings is 9. The van der Waals surface area contributed by atoms with Gasteiger partial charge in [-0.1, -0.05) is 133 Å². The normalized spacial score (nSPS) is 11.8. The van der Waals surface area contributed by atoms with Gasteiger partial charge in [0.15, 0.2) is 0 Å². The summed E-state index contributed by atoms with van der Waals surface area (Å²) in [6.45, 7) is 0. The second-order valence-corrected chi connectivity index (χ2v) is 14.8. The van der Waals surface area contributed by atoms with E-state index in [0.717, 1.165) is 17.1 Å². The Bertz CT molecular complexity index is 3120. The quantitative estimate of drug-likeness (QED) is 0.163. The van der Waals surface area contributed by atoms with E-state index in [2.05, 4.69) is 204 Å². The molecule has 0 fully saturated rings. The number of aromatic nitrogens is 1. The Hall–Kier alpha value is -6.68. The van der Waals surface area contributed by atoms with E-state index in [0.29, 0.717) is 0 Å². The molecule has 0 unspecified atom stereocenters. The van der Waals surface area contributed by atoms with Crippen molar-refractivity contribution >= 4 is 91.9 Å². The monoisotopic (exact) mass is 692 g/mol. The predicted octanol–water partition coefficient (Wildman–Crippen LogP) is 14.6. The van der Waals surface area contributed by atoms with Crippen molar-refractivity contribution in [1.29, 1.82) is 0 Å². The largest absolute Gasteiger partial charge is 0.311 e. The minimum atomic E-state index is 1.12. The molecule has 2 heterocycles. The lowest BCUT2D eigenvalue weighted by Gasteiger charge is -2.25. The number of rotatable bonds is 5. The van der Waals surface area contributed by atoms with Gasteiger partial charge in [-0.15, -0.1) is 11.3 Å². The molecule has 0 amide bonds. The van der Waals surface area contributed by atoms with E-state index >= 15 is 0 Å². The van der Waals surface area contributed by atoms with Crippen molar-refractivity contribution < 1.29 is 0 Å². The summed E-state index contributed by atoms with van der Waals surface area (Å²) in [6, 6.07) is 70.8. The van der Waals surface area contributed by atoms with Gasteiger partial charge in [0.25, 0.3) is 0 Å². The van der Waals surface area contributed by atoms with Crippen molar-refractivity contribution in [2.75, 3.05) is 4.90 Å². The number of fused-ring (bicyclic) bond motifs is 10. The topological polar surface area (TPSA) is 8.17 Å². The average molecular weight is 693 g/mol. The lowest BCUT2D eigenvalue weighted by atomic mass is 9.96. The molecule has 0 saturated heterocycles. The van der Waals surface area contributed by atoms with Crippen LogP contribution in [0.3, 0.4) is 0 Å². The van der Waals surface area contributed by atoms with Crippen LogP contribution in [0.4, 0.5) is 17.1 Å². The lowest BCUT2D eigenvalue weighted by molar-refractivity contribution is 1.19. The van der Waals surface area contributed by atoms with Gasteiger partial charge in [-0.3, -0.25) is 0 Å². The van der Waals surface area contributed by atoms with Gasteiger partial charge in [-0.05, 0) is 87.8 Å². The van der Waals surface area contributed by atoms with Gasteiger partial charge in [0.1, 0.15) is 0 Å². The Labute approximate surface area is 311 Å². The van der Waals surface area contributed by atoms with E-state index in [4.69, 9.17) is 0 Å². The highest BCUT2D eigenvalue weighted by Crippen LogP contribution is 2.45. The molecule has 0 N–H and O–H groups in total. The Kier molecular flexibility index (Phi) is 6.76. The number of thiophene rings is 1. The zero-order chi connectivity index (χ0) is 34.9. The molecule has 11 aromatic rings. The van der Waals surface area contributed by atoms with Gasteiger partial charge in [0.2, 0.25) is 0 Å². The number of hydrogen-bond acceptors (Lipinski definition) is 2. The van der Waals surface area contributed by atoms with Crippen molar-refractivity contribution in [1.82, 2.24) is 4.57 Å². The first kappa shape index (κ1) is 30.0. The maximum atomic E-state index is 2.51. The van der Waals surface area contributed by atoms with Crippen molar-refractivity contribution in [2.24, 2.45) is 0 Å². The van der Waals surface area contributed by atoms with Crippen LogP contribution in [-0.2, 0) is 0 Å². The van der Waals surface area contributed by atoms with E-state index in [9.17, 15) is 0 Å². The molecule has 0 aliphatic rings. The molecule has 0 radical (unpaired) electrons. The summed E-state index contributed by atoms with van der Waals surface area (Å²) in [7, 11) is 0. The Morgan fingerprint density at radius 2 is 1.02 bits per heavy atom. The van der Waals surface area contributed by atoms with Gasteiger partial charge in [-0.25, -0.2) is 0 Å². The second-order valence-electron chi connectivity index (χ2n) is 13.7. The van der Waals surface area contributed by atoms with Crippen LogP contribution in [-0.4, -0.2) is 4.57 Å². The first-order valence-electron chi connectivity index (χ1n) is 18.1. The zero-order valence-corrected chi connectivity index (χ0v) is 29.6. The van der Waals surface area contributed by atoms with Crippen LogP contribution in [0, 0.1) is 0 Å². The van der Waals surface area contributed by atoms with Gasteiger partial charge in [0, 0.05) is 59.3 Å². The molecular formula is C50H32N2S. The fourth-order valence-corrected chi connectivity index (χ4v) is 9.54. The lowest BCUT2D eigenvalue weighted by Crippen LogP contribution is -2.09. The SMILES string of the molecule is c1ccc(N(c2ccccc2)c2ccc(-c3cccc4c5c6c(ccc7ccccc76)ccc5n(-c5ccc6c(c5)sc5ccccc56)c34)cc2)cc1. The first-order chi connectivity index (χ1) is 26.3. The van der Waals surface area contributed by atoms with Crippen LogP contribution in [0.2, 0.25) is 0 Å². The molecule has 0 atom stereocenters. The van der Waals surface area contributed by atoms with Crippen LogP contribution < -0.4 is 4.90 Å². The van der Waals surface area contributed by atoms with Crippen molar-refractivity contribution in [3.05, 3.63) is 194 Å². The number of nitrogens with zero attached hydrogens (tertiary/aromatic N) is 2. The van der Waals surface area contributed by atoms with Crippen molar-refractivity contribution in [2.45, 2.75) is 0 Å². The van der Waals surface area contributed by atoms with E-state index in [1.807, 2.05) is 11.3 Å². The molecule has 9 aromatic carbocycles. The maximum Gasteiger partial charge on any atom is 0.0619 e. The number of para-hydroxylation sites is 3. The summed E-state index contributed by atoms with van der Waals surface area (Å²) in [5.74, 6) is 0. The zero-order valence-electron chi connectivity index (χ0n) is 28.8. The molecule has 0 bridgehead atoms. The average Bonchev–Trinajstić information content (AvgIpc) is 3.77. The molecule has 0 aliphatic carbocycles. The maximum absolute atomic E-state index is 2.51. The third kappa shape index (κ3) is 4.71. The summed E-state index contributed by atoms with van der Waals surface area (Å²) >= 11 is 1.87. The van der Waals surface area contributed by atoms with Crippen LogP contribution >= 0.6 is 11.3 Å². The number of hydrogen-bond donors (Lipinski definition) is 0. The van der Waals surface area contributed by atoms with Gasteiger partial charge in [0.05, 0.1) is 11.0 Å². The van der Waals surface area contributed by atoms with Gasteiger partial charge in [-0.2, -0.15) is 0 Å². The van der Waals surface area contributed by atoms with Crippen molar-refractivity contribution in [3.8, 4) is 16.8 Å². The molecule has 2 nitrogen and oxygen atoms in total. The fraction of sp³-hybridized carbons (Fsp3) is 0. The summed E-state index contributed by atoms with van der Waals surface area (Å²) < 4.78 is 5.13. The molecule has 2 aromatic heterocycles. The summed E-state index contributed by atoms with van der Waals surface area (Å²) in [5.41, 5.74) is 9.38.